The van der Waals surface area contributed by atoms with Crippen molar-refractivity contribution in [1.82, 2.24) is 14.7 Å². The van der Waals surface area contributed by atoms with E-state index in [9.17, 15) is 9.59 Å². The van der Waals surface area contributed by atoms with Crippen molar-refractivity contribution < 1.29 is 14.3 Å². The van der Waals surface area contributed by atoms with Crippen molar-refractivity contribution in [3.8, 4) is 10.6 Å². The summed E-state index contributed by atoms with van der Waals surface area (Å²) >= 11 is 1.66. The number of carbonyl (C=O) groups excluding carboxylic acids is 2. The first-order chi connectivity index (χ1) is 14.6. The number of esters is 1. The van der Waals surface area contributed by atoms with Crippen molar-refractivity contribution in [2.24, 2.45) is 0 Å². The lowest BCUT2D eigenvalue weighted by Gasteiger charge is -2.20. The lowest BCUT2D eigenvalue weighted by molar-refractivity contribution is -0.142. The smallest absolute Gasteiger partial charge is 0.322 e. The highest BCUT2D eigenvalue weighted by atomic mass is 32.1. The Bertz CT molecular complexity index is 1010. The van der Waals surface area contributed by atoms with Gasteiger partial charge in [-0.3, -0.25) is 9.48 Å². The van der Waals surface area contributed by atoms with Gasteiger partial charge in [0.2, 0.25) is 0 Å². The van der Waals surface area contributed by atoms with Crippen molar-refractivity contribution >= 4 is 29.0 Å². The fourth-order valence-electron chi connectivity index (χ4n) is 3.47. The fraction of sp³-hybridized carbons (Fsp3) is 0.318. The summed E-state index contributed by atoms with van der Waals surface area (Å²) in [4.78, 5) is 27.4. The number of aromatic nitrogens is 2. The quantitative estimate of drug-likeness (QED) is 0.624. The molecule has 1 aromatic carbocycles. The van der Waals surface area contributed by atoms with Crippen LogP contribution in [0.25, 0.3) is 10.6 Å². The largest absolute Gasteiger partial charge is 0.466 e. The summed E-state index contributed by atoms with van der Waals surface area (Å²) in [5.41, 5.74) is 3.55. The summed E-state index contributed by atoms with van der Waals surface area (Å²) in [7, 11) is 0. The number of ether oxygens (including phenoxy) is 1. The summed E-state index contributed by atoms with van der Waals surface area (Å²) in [6.45, 7) is 4.15. The molecule has 4 rings (SSSR count). The molecule has 2 amide bonds. The second kappa shape index (κ2) is 9.13. The molecule has 7 nitrogen and oxygen atoms in total. The molecule has 3 heterocycles. The van der Waals surface area contributed by atoms with Crippen molar-refractivity contribution in [1.29, 1.82) is 0 Å². The Morgan fingerprint density at radius 3 is 2.77 bits per heavy atom. The molecule has 1 aliphatic heterocycles. The van der Waals surface area contributed by atoms with Crippen LogP contribution in [0.5, 0.6) is 0 Å². The van der Waals surface area contributed by atoms with E-state index in [1.807, 2.05) is 45.3 Å². The number of amides is 2. The molecule has 8 heteroatoms. The first-order valence-corrected chi connectivity index (χ1v) is 10.9. The van der Waals surface area contributed by atoms with Gasteiger partial charge in [-0.2, -0.15) is 5.10 Å². The average molecular weight is 425 g/mol. The van der Waals surface area contributed by atoms with Crippen LogP contribution >= 0.6 is 11.3 Å². The third-order valence-corrected chi connectivity index (χ3v) is 5.83. The lowest BCUT2D eigenvalue weighted by atomic mass is 10.1. The van der Waals surface area contributed by atoms with Gasteiger partial charge in [0.25, 0.3) is 0 Å². The summed E-state index contributed by atoms with van der Waals surface area (Å²) in [5.74, 6) is -0.252. The molecule has 0 atom stereocenters. The molecule has 0 unspecified atom stereocenters. The van der Waals surface area contributed by atoms with Gasteiger partial charge in [0, 0.05) is 18.8 Å². The average Bonchev–Trinajstić information content (AvgIpc) is 3.35. The normalized spacial score (nSPS) is 13.4. The van der Waals surface area contributed by atoms with Crippen molar-refractivity contribution in [3.63, 3.8) is 0 Å². The molecule has 0 radical (unpaired) electrons. The summed E-state index contributed by atoms with van der Waals surface area (Å²) < 4.78 is 6.97. The Morgan fingerprint density at radius 1 is 1.20 bits per heavy atom. The molecule has 0 saturated carbocycles. The van der Waals surface area contributed by atoms with E-state index in [-0.39, 0.29) is 18.4 Å². The number of urea groups is 1. The molecule has 2 aromatic heterocycles. The number of anilines is 1. The van der Waals surface area contributed by atoms with E-state index >= 15 is 0 Å². The Balaban J connectivity index is 1.39. The zero-order chi connectivity index (χ0) is 20.9. The second-order valence-corrected chi connectivity index (χ2v) is 8.05. The minimum atomic E-state index is -0.252. The fourth-order valence-corrected chi connectivity index (χ4v) is 4.15. The van der Waals surface area contributed by atoms with E-state index in [1.54, 1.807) is 18.3 Å². The van der Waals surface area contributed by atoms with Gasteiger partial charge in [-0.05, 0) is 48.6 Å². The maximum Gasteiger partial charge on any atom is 0.322 e. The third-order valence-electron chi connectivity index (χ3n) is 4.93. The van der Waals surface area contributed by atoms with E-state index in [2.05, 4.69) is 17.4 Å². The number of hydrogen-bond acceptors (Lipinski definition) is 5. The van der Waals surface area contributed by atoms with Gasteiger partial charge < -0.3 is 15.0 Å². The Hall–Kier alpha value is -3.13. The van der Waals surface area contributed by atoms with Crippen LogP contribution in [0.1, 0.15) is 24.6 Å². The minimum absolute atomic E-state index is 0.138. The number of fused-ring (bicyclic) bond motifs is 1. The zero-order valence-electron chi connectivity index (χ0n) is 16.8. The number of nitrogens with one attached hydrogen (secondary N) is 1. The molecule has 0 bridgehead atoms. The van der Waals surface area contributed by atoms with Crippen molar-refractivity contribution in [2.75, 3.05) is 18.5 Å². The highest BCUT2D eigenvalue weighted by molar-refractivity contribution is 7.13. The van der Waals surface area contributed by atoms with E-state index in [1.165, 1.54) is 0 Å². The third kappa shape index (κ3) is 4.71. The lowest BCUT2D eigenvalue weighted by Crippen LogP contribution is -2.34. The highest BCUT2D eigenvalue weighted by Gasteiger charge is 2.21. The SMILES string of the molecule is CCOC(=O)Cc1ccc(NC(=O)N2CCCn3nc(-c4cccs4)cc3C2)cc1. The van der Waals surface area contributed by atoms with Crippen LogP contribution in [0.2, 0.25) is 0 Å². The van der Waals surface area contributed by atoms with Gasteiger partial charge in [-0.1, -0.05) is 18.2 Å². The molecule has 0 aliphatic carbocycles. The molecule has 1 aliphatic rings. The van der Waals surface area contributed by atoms with E-state index < -0.39 is 0 Å². The standard InChI is InChI=1S/C22H24N4O3S/c1-2-29-21(27)13-16-6-8-17(9-7-16)23-22(28)25-10-4-11-26-18(15-25)14-19(24-26)20-5-3-12-30-20/h3,5-9,12,14H,2,4,10-11,13,15H2,1H3,(H,23,28). The van der Waals surface area contributed by atoms with Gasteiger partial charge in [0.1, 0.15) is 5.69 Å². The van der Waals surface area contributed by atoms with Crippen LogP contribution in [0.3, 0.4) is 0 Å². The van der Waals surface area contributed by atoms with E-state index in [0.29, 0.717) is 25.4 Å². The summed E-state index contributed by atoms with van der Waals surface area (Å²) in [5, 5.41) is 9.70. The van der Waals surface area contributed by atoms with Gasteiger partial charge >= 0.3 is 12.0 Å². The molecule has 1 N–H and O–H groups in total. The van der Waals surface area contributed by atoms with Crippen LogP contribution < -0.4 is 5.32 Å². The van der Waals surface area contributed by atoms with Crippen LogP contribution in [0.4, 0.5) is 10.5 Å². The summed E-state index contributed by atoms with van der Waals surface area (Å²) in [6, 6.07) is 13.3. The van der Waals surface area contributed by atoms with Gasteiger partial charge in [0.15, 0.2) is 0 Å². The molecule has 0 saturated heterocycles. The first kappa shape index (κ1) is 20.2. The van der Waals surface area contributed by atoms with Crippen molar-refractivity contribution in [3.05, 3.63) is 59.1 Å². The second-order valence-electron chi connectivity index (χ2n) is 7.11. The minimum Gasteiger partial charge on any atom is -0.466 e. The van der Waals surface area contributed by atoms with Crippen LogP contribution in [0.15, 0.2) is 47.8 Å². The number of nitrogens with zero attached hydrogens (tertiary/aromatic N) is 3. The van der Waals surface area contributed by atoms with Crippen LogP contribution in [-0.2, 0) is 29.0 Å². The zero-order valence-corrected chi connectivity index (χ0v) is 17.7. The molecule has 156 valence electrons. The van der Waals surface area contributed by atoms with E-state index in [0.717, 1.165) is 34.8 Å². The van der Waals surface area contributed by atoms with E-state index in [4.69, 9.17) is 9.84 Å². The Kier molecular flexibility index (Phi) is 6.13. The van der Waals surface area contributed by atoms with Gasteiger partial charge in [-0.25, -0.2) is 4.79 Å². The molecule has 30 heavy (non-hydrogen) atoms. The number of hydrogen-bond donors (Lipinski definition) is 1. The molecule has 3 aromatic rings. The van der Waals surface area contributed by atoms with Gasteiger partial charge in [0.05, 0.1) is 30.1 Å². The predicted octanol–water partition coefficient (Wildman–Crippen LogP) is 4.16. The molecular weight excluding hydrogens is 400 g/mol. The highest BCUT2D eigenvalue weighted by Crippen LogP contribution is 2.26. The molecule has 0 fully saturated rings. The van der Waals surface area contributed by atoms with Gasteiger partial charge in [-0.15, -0.1) is 11.3 Å². The maximum atomic E-state index is 12.8. The number of benzene rings is 1. The topological polar surface area (TPSA) is 76.5 Å². The van der Waals surface area contributed by atoms with Crippen LogP contribution in [-0.4, -0.2) is 39.8 Å². The Labute approximate surface area is 179 Å². The molecule has 0 spiro atoms. The molecular formula is C22H24N4O3S. The van der Waals surface area contributed by atoms with Crippen LogP contribution in [0, 0.1) is 0 Å². The maximum absolute atomic E-state index is 12.8. The first-order valence-electron chi connectivity index (χ1n) is 10.0. The monoisotopic (exact) mass is 424 g/mol. The summed E-state index contributed by atoms with van der Waals surface area (Å²) in [6.07, 6.45) is 1.08. The number of rotatable bonds is 5. The number of thiophene rings is 1. The number of carbonyl (C=O) groups is 2. The predicted molar refractivity (Wildman–Crippen MR) is 116 cm³/mol. The Morgan fingerprint density at radius 2 is 2.03 bits per heavy atom. The van der Waals surface area contributed by atoms with Crippen molar-refractivity contribution in [2.45, 2.75) is 32.9 Å². The number of aryl methyl sites for hydroxylation is 1.